The van der Waals surface area contributed by atoms with Crippen LogP contribution in [0.2, 0.25) is 0 Å². The first-order valence-corrected chi connectivity index (χ1v) is 12.7. The lowest BCUT2D eigenvalue weighted by molar-refractivity contribution is 0.113. The number of aromatic nitrogens is 5. The fraction of sp³-hybridized carbons (Fsp3) is 0.286. The smallest absolute Gasteiger partial charge is 0.150 e. The maximum absolute atomic E-state index is 6.27. The van der Waals surface area contributed by atoms with E-state index in [0.29, 0.717) is 12.4 Å². The van der Waals surface area contributed by atoms with E-state index in [4.69, 9.17) is 20.2 Å². The lowest BCUT2D eigenvalue weighted by Crippen LogP contribution is -2.37. The molecule has 2 N–H and O–H groups in total. The highest BCUT2D eigenvalue weighted by Gasteiger charge is 2.25. The number of hydrogen-bond acceptors (Lipinski definition) is 8. The molecule has 0 saturated carbocycles. The second kappa shape index (κ2) is 9.01. The van der Waals surface area contributed by atoms with Crippen LogP contribution in [-0.2, 0) is 11.3 Å². The number of nitrogens with zero attached hydrogens (tertiary/aromatic N) is 6. The normalized spacial score (nSPS) is 17.4. The molecule has 4 aromatic heterocycles. The van der Waals surface area contributed by atoms with Crippen LogP contribution < -0.4 is 15.4 Å². The summed E-state index contributed by atoms with van der Waals surface area (Å²) in [7, 11) is 0. The second-order valence-electron chi connectivity index (χ2n) is 9.62. The molecule has 9 heteroatoms. The molecule has 0 amide bonds. The number of pyridine rings is 2. The molecular formula is C28H27N7O2. The molecule has 2 aliphatic rings. The van der Waals surface area contributed by atoms with E-state index in [1.165, 1.54) is 12.7 Å². The maximum Gasteiger partial charge on any atom is 0.150 e. The van der Waals surface area contributed by atoms with Gasteiger partial charge in [-0.1, -0.05) is 0 Å². The van der Waals surface area contributed by atoms with Crippen molar-refractivity contribution in [1.29, 1.82) is 0 Å². The van der Waals surface area contributed by atoms with Gasteiger partial charge in [-0.05, 0) is 49.6 Å². The average Bonchev–Trinajstić information content (AvgIpc) is 3.55. The highest BCUT2D eigenvalue weighted by atomic mass is 16.5. The van der Waals surface area contributed by atoms with E-state index < -0.39 is 0 Å². The molecular weight excluding hydrogens is 466 g/mol. The number of hydrogen-bond donors (Lipinski definition) is 1. The standard InChI is InChI=1S/C28H27N7O2/c29-27-26-22(24-3-1-10-36-24)15-35(28(26)32-17-31-27)20-11-18(13-30-14-20)16-37-21-6-4-19-5-7-25(33-23(19)12-21)34-8-2-9-34/h4-7,11-15,17,24H,1-3,8-10,16H2,(H2,29,31,32)/t24-/m0/s1. The topological polar surface area (TPSA) is 104 Å². The van der Waals surface area contributed by atoms with Crippen LogP contribution in [0.15, 0.2) is 61.3 Å². The molecule has 0 radical (unpaired) electrons. The van der Waals surface area contributed by atoms with E-state index in [1.54, 1.807) is 0 Å². The van der Waals surface area contributed by atoms with Gasteiger partial charge in [-0.3, -0.25) is 9.55 Å². The van der Waals surface area contributed by atoms with Gasteiger partial charge in [-0.2, -0.15) is 0 Å². The molecule has 7 rings (SSSR count). The highest BCUT2D eigenvalue weighted by Crippen LogP contribution is 2.37. The van der Waals surface area contributed by atoms with Crippen LogP contribution in [0.4, 0.5) is 11.6 Å². The Morgan fingerprint density at radius 3 is 2.81 bits per heavy atom. The predicted octanol–water partition coefficient (Wildman–Crippen LogP) is 4.59. The third-order valence-electron chi connectivity index (χ3n) is 7.21. The van der Waals surface area contributed by atoms with Gasteiger partial charge < -0.3 is 20.1 Å². The number of anilines is 2. The van der Waals surface area contributed by atoms with Crippen molar-refractivity contribution in [3.8, 4) is 11.4 Å². The Kier molecular flexibility index (Phi) is 5.35. The minimum absolute atomic E-state index is 0.000328. The molecule has 2 aliphatic heterocycles. The molecule has 0 unspecified atom stereocenters. The van der Waals surface area contributed by atoms with Crippen molar-refractivity contribution in [2.45, 2.75) is 32.0 Å². The van der Waals surface area contributed by atoms with E-state index >= 15 is 0 Å². The van der Waals surface area contributed by atoms with Gasteiger partial charge in [-0.15, -0.1) is 0 Å². The van der Waals surface area contributed by atoms with E-state index in [9.17, 15) is 0 Å². The van der Waals surface area contributed by atoms with Gasteiger partial charge in [0.25, 0.3) is 0 Å². The molecule has 2 saturated heterocycles. The number of nitrogens with two attached hydrogens (primary N) is 1. The fourth-order valence-corrected chi connectivity index (χ4v) is 5.13. The highest BCUT2D eigenvalue weighted by molar-refractivity contribution is 5.91. The summed E-state index contributed by atoms with van der Waals surface area (Å²) >= 11 is 0. The van der Waals surface area contributed by atoms with Crippen molar-refractivity contribution in [2.75, 3.05) is 30.3 Å². The molecule has 9 nitrogen and oxygen atoms in total. The summed E-state index contributed by atoms with van der Waals surface area (Å²) in [6.07, 6.45) is 10.4. The summed E-state index contributed by atoms with van der Waals surface area (Å²) in [6.45, 7) is 3.28. The zero-order chi connectivity index (χ0) is 24.8. The first kappa shape index (κ1) is 22.0. The first-order chi connectivity index (χ1) is 18.2. The SMILES string of the molecule is Nc1ncnc2c1c([C@@H]1CCCO1)cn2-c1cncc(COc2ccc3ccc(N4CCC4)nc3c2)c1. The monoisotopic (exact) mass is 493 g/mol. The van der Waals surface area contributed by atoms with Crippen molar-refractivity contribution < 1.29 is 9.47 Å². The molecule has 0 spiro atoms. The molecule has 2 fully saturated rings. The van der Waals surface area contributed by atoms with E-state index in [2.05, 4.69) is 50.3 Å². The zero-order valence-electron chi connectivity index (χ0n) is 20.4. The summed E-state index contributed by atoms with van der Waals surface area (Å²) in [5.74, 6) is 2.27. The van der Waals surface area contributed by atoms with Crippen molar-refractivity contribution in [3.63, 3.8) is 0 Å². The van der Waals surface area contributed by atoms with Crippen LogP contribution in [0.1, 0.15) is 36.5 Å². The zero-order valence-corrected chi connectivity index (χ0v) is 20.4. The third kappa shape index (κ3) is 4.01. The molecule has 1 aromatic carbocycles. The number of benzene rings is 1. The van der Waals surface area contributed by atoms with Gasteiger partial charge >= 0.3 is 0 Å². The molecule has 0 aliphatic carbocycles. The maximum atomic E-state index is 6.27. The Morgan fingerprint density at radius 1 is 1.05 bits per heavy atom. The van der Waals surface area contributed by atoms with Crippen molar-refractivity contribution in [1.82, 2.24) is 24.5 Å². The summed E-state index contributed by atoms with van der Waals surface area (Å²) < 4.78 is 14.1. The summed E-state index contributed by atoms with van der Waals surface area (Å²) in [5.41, 5.74) is 10.8. The third-order valence-corrected chi connectivity index (χ3v) is 7.21. The van der Waals surface area contributed by atoms with Crippen LogP contribution in [-0.4, -0.2) is 44.2 Å². The Morgan fingerprint density at radius 2 is 1.97 bits per heavy atom. The molecule has 0 bridgehead atoms. The quantitative estimate of drug-likeness (QED) is 0.366. The van der Waals surface area contributed by atoms with Crippen LogP contribution in [0.5, 0.6) is 5.75 Å². The van der Waals surface area contributed by atoms with Crippen LogP contribution >= 0.6 is 0 Å². The van der Waals surface area contributed by atoms with Gasteiger partial charge in [0.2, 0.25) is 0 Å². The van der Waals surface area contributed by atoms with Crippen molar-refractivity contribution in [3.05, 3.63) is 72.4 Å². The molecule has 6 heterocycles. The Hall–Kier alpha value is -4.24. The van der Waals surface area contributed by atoms with Gasteiger partial charge in [-0.25, -0.2) is 15.0 Å². The molecule has 1 atom stereocenters. The van der Waals surface area contributed by atoms with E-state index in [0.717, 1.165) is 82.9 Å². The predicted molar refractivity (Wildman–Crippen MR) is 142 cm³/mol. The second-order valence-corrected chi connectivity index (χ2v) is 9.62. The summed E-state index contributed by atoms with van der Waals surface area (Å²) in [4.78, 5) is 20.4. The summed E-state index contributed by atoms with van der Waals surface area (Å²) in [6, 6.07) is 12.3. The lowest BCUT2D eigenvalue weighted by atomic mass is 10.1. The van der Waals surface area contributed by atoms with Crippen molar-refractivity contribution >= 4 is 33.6 Å². The minimum atomic E-state index is -0.000328. The lowest BCUT2D eigenvalue weighted by Gasteiger charge is -2.32. The Balaban J connectivity index is 1.16. The average molecular weight is 494 g/mol. The van der Waals surface area contributed by atoms with Crippen LogP contribution in [0, 0.1) is 0 Å². The van der Waals surface area contributed by atoms with Gasteiger partial charge in [0, 0.05) is 54.7 Å². The van der Waals surface area contributed by atoms with Crippen LogP contribution in [0.25, 0.3) is 27.6 Å². The molecule has 37 heavy (non-hydrogen) atoms. The number of nitrogen functional groups attached to an aromatic ring is 1. The fourth-order valence-electron chi connectivity index (χ4n) is 5.13. The number of fused-ring (bicyclic) bond motifs is 2. The largest absolute Gasteiger partial charge is 0.489 e. The van der Waals surface area contributed by atoms with E-state index in [-0.39, 0.29) is 6.10 Å². The number of rotatable bonds is 6. The first-order valence-electron chi connectivity index (χ1n) is 12.7. The van der Waals surface area contributed by atoms with E-state index in [1.807, 2.05) is 29.1 Å². The Bertz CT molecular complexity index is 1610. The van der Waals surface area contributed by atoms with Gasteiger partial charge in [0.15, 0.2) is 0 Å². The summed E-state index contributed by atoms with van der Waals surface area (Å²) in [5, 5.41) is 1.94. The molecule has 5 aromatic rings. The minimum Gasteiger partial charge on any atom is -0.489 e. The Labute approximate surface area is 213 Å². The van der Waals surface area contributed by atoms with Crippen LogP contribution in [0.3, 0.4) is 0 Å². The van der Waals surface area contributed by atoms with Crippen molar-refractivity contribution in [2.24, 2.45) is 0 Å². The van der Waals surface area contributed by atoms with Gasteiger partial charge in [0.05, 0.1) is 28.9 Å². The number of ether oxygens (including phenoxy) is 2. The van der Waals surface area contributed by atoms with Gasteiger partial charge in [0.1, 0.15) is 36.0 Å². The molecule has 186 valence electrons.